The maximum absolute atomic E-state index is 5.50. The second kappa shape index (κ2) is 10.6. The summed E-state index contributed by atoms with van der Waals surface area (Å²) in [6.45, 7) is 1.42. The highest BCUT2D eigenvalue weighted by Crippen LogP contribution is 2.47. The molecule has 6 nitrogen and oxygen atoms in total. The monoisotopic (exact) mass is 511 g/mol. The molecule has 0 unspecified atom stereocenters. The van der Waals surface area contributed by atoms with Crippen molar-refractivity contribution in [1.82, 2.24) is 10.6 Å². The lowest BCUT2D eigenvalue weighted by atomic mass is 9.96. The van der Waals surface area contributed by atoms with Gasteiger partial charge >= 0.3 is 0 Å². The van der Waals surface area contributed by atoms with E-state index in [9.17, 15) is 0 Å². The van der Waals surface area contributed by atoms with Gasteiger partial charge in [-0.1, -0.05) is 30.3 Å². The van der Waals surface area contributed by atoms with Gasteiger partial charge in [0.05, 0.1) is 21.3 Å². The predicted octanol–water partition coefficient (Wildman–Crippen LogP) is 3.73. The van der Waals surface area contributed by atoms with Crippen molar-refractivity contribution in [1.29, 1.82) is 0 Å². The molecule has 0 aliphatic heterocycles. The van der Waals surface area contributed by atoms with Gasteiger partial charge in [-0.25, -0.2) is 0 Å². The van der Waals surface area contributed by atoms with Crippen LogP contribution in [-0.4, -0.2) is 40.9 Å². The van der Waals surface area contributed by atoms with Gasteiger partial charge in [-0.05, 0) is 24.5 Å². The molecule has 0 atom stereocenters. The number of rotatable bonds is 8. The van der Waals surface area contributed by atoms with E-state index in [4.69, 9.17) is 14.2 Å². The fourth-order valence-corrected chi connectivity index (χ4v) is 3.39. The van der Waals surface area contributed by atoms with E-state index in [1.54, 1.807) is 28.4 Å². The Morgan fingerprint density at radius 3 is 2.10 bits per heavy atom. The first-order valence-electron chi connectivity index (χ1n) is 9.44. The highest BCUT2D eigenvalue weighted by Gasteiger charge is 2.43. The number of nitrogens with one attached hydrogen (secondary N) is 2. The van der Waals surface area contributed by atoms with Crippen LogP contribution >= 0.6 is 24.0 Å². The van der Waals surface area contributed by atoms with Gasteiger partial charge in [-0.2, -0.15) is 0 Å². The predicted molar refractivity (Wildman–Crippen MR) is 127 cm³/mol. The molecule has 0 aromatic heterocycles. The molecule has 3 rings (SSSR count). The lowest BCUT2D eigenvalue weighted by molar-refractivity contribution is 0.347. The van der Waals surface area contributed by atoms with E-state index in [1.165, 1.54) is 18.4 Å². The summed E-state index contributed by atoms with van der Waals surface area (Å²) in [6.07, 6.45) is 2.40. The van der Waals surface area contributed by atoms with Crippen LogP contribution in [0.2, 0.25) is 0 Å². The van der Waals surface area contributed by atoms with Crippen LogP contribution in [0.5, 0.6) is 17.2 Å². The molecule has 0 radical (unpaired) electrons. The lowest BCUT2D eigenvalue weighted by Gasteiger charge is -2.20. The number of halogens is 1. The zero-order valence-electron chi connectivity index (χ0n) is 17.5. The fraction of sp³-hybridized carbons (Fsp3) is 0.409. The van der Waals surface area contributed by atoms with Gasteiger partial charge in [-0.15, -0.1) is 24.0 Å². The molecule has 7 heteroatoms. The van der Waals surface area contributed by atoms with Gasteiger partial charge in [-0.3, -0.25) is 4.99 Å². The first-order chi connectivity index (χ1) is 13.7. The van der Waals surface area contributed by atoms with Gasteiger partial charge in [0.15, 0.2) is 17.5 Å². The van der Waals surface area contributed by atoms with E-state index in [1.807, 2.05) is 12.1 Å². The summed E-state index contributed by atoms with van der Waals surface area (Å²) >= 11 is 0. The van der Waals surface area contributed by atoms with Crippen LogP contribution in [-0.2, 0) is 12.0 Å². The second-order valence-electron chi connectivity index (χ2n) is 6.94. The largest absolute Gasteiger partial charge is 0.496 e. The molecule has 2 aromatic carbocycles. The molecule has 29 heavy (non-hydrogen) atoms. The minimum absolute atomic E-state index is 0. The molecule has 1 saturated carbocycles. The van der Waals surface area contributed by atoms with E-state index in [2.05, 4.69) is 46.0 Å². The van der Waals surface area contributed by atoms with Crippen molar-refractivity contribution in [3.8, 4) is 17.2 Å². The first kappa shape index (κ1) is 23.1. The van der Waals surface area contributed by atoms with Crippen LogP contribution in [0, 0.1) is 0 Å². The lowest BCUT2D eigenvalue weighted by Crippen LogP contribution is -2.40. The normalized spacial score (nSPS) is 14.4. The average molecular weight is 511 g/mol. The SMILES string of the molecule is CN=C(NCc1cc(OC)c(OC)cc1OC)NCC1(c2ccccc2)CC1.I. The number of ether oxygens (including phenoxy) is 3. The van der Waals surface area contributed by atoms with E-state index in [-0.39, 0.29) is 29.4 Å². The van der Waals surface area contributed by atoms with E-state index >= 15 is 0 Å². The van der Waals surface area contributed by atoms with E-state index < -0.39 is 0 Å². The molecule has 0 heterocycles. The van der Waals surface area contributed by atoms with Crippen molar-refractivity contribution in [3.63, 3.8) is 0 Å². The number of aliphatic imine (C=N–C) groups is 1. The number of nitrogens with zero attached hydrogens (tertiary/aromatic N) is 1. The quantitative estimate of drug-likeness (QED) is 0.322. The van der Waals surface area contributed by atoms with Crippen molar-refractivity contribution in [2.45, 2.75) is 24.8 Å². The van der Waals surface area contributed by atoms with E-state index in [0.29, 0.717) is 18.0 Å². The number of guanidine groups is 1. The Hall–Kier alpha value is -2.16. The van der Waals surface area contributed by atoms with Crippen molar-refractivity contribution in [2.75, 3.05) is 34.9 Å². The van der Waals surface area contributed by atoms with Crippen molar-refractivity contribution in [2.24, 2.45) is 4.99 Å². The molecule has 2 N–H and O–H groups in total. The molecule has 0 amide bonds. The minimum Gasteiger partial charge on any atom is -0.496 e. The molecule has 0 bridgehead atoms. The van der Waals surface area contributed by atoms with Gasteiger partial charge in [0, 0.05) is 37.2 Å². The number of hydrogen-bond donors (Lipinski definition) is 2. The van der Waals surface area contributed by atoms with Crippen LogP contribution in [0.3, 0.4) is 0 Å². The molecular formula is C22H30IN3O3. The molecule has 1 fully saturated rings. The Kier molecular flexibility index (Phi) is 8.43. The third kappa shape index (κ3) is 5.46. The average Bonchev–Trinajstić information content (AvgIpc) is 3.55. The second-order valence-corrected chi connectivity index (χ2v) is 6.94. The Labute approximate surface area is 190 Å². The highest BCUT2D eigenvalue weighted by molar-refractivity contribution is 14.0. The van der Waals surface area contributed by atoms with Crippen LogP contribution in [0.25, 0.3) is 0 Å². The van der Waals surface area contributed by atoms with Crippen molar-refractivity contribution in [3.05, 3.63) is 53.6 Å². The Morgan fingerprint density at radius 2 is 1.55 bits per heavy atom. The molecule has 1 aliphatic carbocycles. The third-order valence-corrected chi connectivity index (χ3v) is 5.29. The fourth-order valence-electron chi connectivity index (χ4n) is 3.39. The summed E-state index contributed by atoms with van der Waals surface area (Å²) in [5.74, 6) is 2.82. The first-order valence-corrected chi connectivity index (χ1v) is 9.44. The third-order valence-electron chi connectivity index (χ3n) is 5.29. The standard InChI is InChI=1S/C22H29N3O3.HI/c1-23-21(25-15-22(10-11-22)17-8-6-5-7-9-17)24-14-16-12-19(27-3)20(28-4)13-18(16)26-2;/h5-9,12-13H,10-11,14-15H2,1-4H3,(H2,23,24,25);1H. The summed E-state index contributed by atoms with van der Waals surface area (Å²) in [6, 6.07) is 14.4. The van der Waals surface area contributed by atoms with Gasteiger partial charge < -0.3 is 24.8 Å². The number of methoxy groups -OCH3 is 3. The maximum Gasteiger partial charge on any atom is 0.191 e. The maximum atomic E-state index is 5.50. The molecule has 1 aliphatic rings. The van der Waals surface area contributed by atoms with Gasteiger partial charge in [0.2, 0.25) is 0 Å². The molecular weight excluding hydrogens is 481 g/mol. The Bertz CT molecular complexity index is 824. The van der Waals surface area contributed by atoms with Crippen LogP contribution in [0.15, 0.2) is 47.5 Å². The van der Waals surface area contributed by atoms with Gasteiger partial charge in [0.1, 0.15) is 5.75 Å². The van der Waals surface area contributed by atoms with Gasteiger partial charge in [0.25, 0.3) is 0 Å². The van der Waals surface area contributed by atoms with E-state index in [0.717, 1.165) is 23.8 Å². The summed E-state index contributed by atoms with van der Waals surface area (Å²) in [7, 11) is 6.67. The number of benzene rings is 2. The highest BCUT2D eigenvalue weighted by atomic mass is 127. The Morgan fingerprint density at radius 1 is 0.931 bits per heavy atom. The number of hydrogen-bond acceptors (Lipinski definition) is 4. The zero-order chi connectivity index (χ0) is 20.0. The van der Waals surface area contributed by atoms with Crippen LogP contribution in [0.1, 0.15) is 24.0 Å². The van der Waals surface area contributed by atoms with Crippen molar-refractivity contribution >= 4 is 29.9 Å². The molecule has 0 spiro atoms. The summed E-state index contributed by atoms with van der Waals surface area (Å²) in [5, 5.41) is 6.84. The minimum atomic E-state index is 0. The summed E-state index contributed by atoms with van der Waals surface area (Å²) < 4.78 is 16.2. The smallest absolute Gasteiger partial charge is 0.191 e. The van der Waals surface area contributed by atoms with Crippen molar-refractivity contribution < 1.29 is 14.2 Å². The summed E-state index contributed by atoms with van der Waals surface area (Å²) in [4.78, 5) is 4.36. The molecule has 0 saturated heterocycles. The molecule has 2 aromatic rings. The Balaban J connectivity index is 0.00000300. The topological polar surface area (TPSA) is 64.1 Å². The zero-order valence-corrected chi connectivity index (χ0v) is 19.8. The van der Waals surface area contributed by atoms with Crippen LogP contribution < -0.4 is 24.8 Å². The summed E-state index contributed by atoms with van der Waals surface area (Å²) in [5.41, 5.74) is 2.58. The van der Waals surface area contributed by atoms with Crippen LogP contribution in [0.4, 0.5) is 0 Å². The molecule has 158 valence electrons.